The maximum Gasteiger partial charge on any atom is 0.394 e. The van der Waals surface area contributed by atoms with Gasteiger partial charge in [-0.3, -0.25) is 4.98 Å². The van der Waals surface area contributed by atoms with Crippen molar-refractivity contribution < 1.29 is 13.3 Å². The fraction of sp³-hybridized carbons (Fsp3) is 0.400. The Balaban J connectivity index is 2.90. The highest BCUT2D eigenvalue weighted by Gasteiger charge is 2.28. The Bertz CT molecular complexity index is 175. The van der Waals surface area contributed by atoms with Gasteiger partial charge in [-0.05, 0) is 0 Å². The van der Waals surface area contributed by atoms with E-state index in [1.54, 1.807) is 0 Å². The first-order valence-corrected chi connectivity index (χ1v) is 2.53. The predicted octanol–water partition coefficient (Wildman–Crippen LogP) is 0.871. The molecule has 0 amide bonds. The second-order valence-electron chi connectivity index (χ2n) is 1.86. The first-order chi connectivity index (χ1) is 4.11. The van der Waals surface area contributed by atoms with Gasteiger partial charge in [0.1, 0.15) is 12.4 Å². The second-order valence-corrected chi connectivity index (χ2v) is 1.86. The quantitative estimate of drug-likeness (QED) is 0.548. The predicted molar refractivity (Wildman–Crippen MR) is 26.9 cm³/mol. The maximum atomic E-state index is 12.2. The summed E-state index contributed by atoms with van der Waals surface area (Å²) in [6, 6.07) is -2.79. The van der Waals surface area contributed by atoms with Gasteiger partial charge in [0.2, 0.25) is 6.33 Å². The molecule has 0 bridgehead atoms. The molecule has 50 valence electrons. The molecular formula is C5H7F2N2+. The highest BCUT2D eigenvalue weighted by Crippen LogP contribution is 2.08. The molecule has 0 aromatic carbocycles. The van der Waals surface area contributed by atoms with Crippen LogP contribution in [0.5, 0.6) is 0 Å². The lowest BCUT2D eigenvalue weighted by Crippen LogP contribution is -2.45. The van der Waals surface area contributed by atoms with E-state index >= 15 is 0 Å². The van der Waals surface area contributed by atoms with Crippen LogP contribution >= 0.6 is 0 Å². The van der Waals surface area contributed by atoms with E-state index in [0.717, 1.165) is 11.5 Å². The van der Waals surface area contributed by atoms with Crippen molar-refractivity contribution in [3.63, 3.8) is 0 Å². The minimum Gasteiger partial charge on any atom is -0.250 e. The number of hydrogen-bond acceptors (Lipinski definition) is 0. The molecule has 9 heavy (non-hydrogen) atoms. The molecule has 2 nitrogen and oxygen atoms in total. The Morgan fingerprint density at radius 3 is 2.44 bits per heavy atom. The summed E-state index contributed by atoms with van der Waals surface area (Å²) in [4.78, 5) is 2.52. The van der Waals surface area contributed by atoms with Crippen molar-refractivity contribution in [2.45, 2.75) is 13.0 Å². The molecule has 0 aliphatic carbocycles. The number of nitrogens with one attached hydrogen (secondary N) is 1. The average Bonchev–Trinajstić information content (AvgIpc) is 2.08. The van der Waals surface area contributed by atoms with Crippen molar-refractivity contribution >= 4 is 0 Å². The Hall–Kier alpha value is -0.930. The van der Waals surface area contributed by atoms with E-state index in [9.17, 15) is 8.78 Å². The second kappa shape index (κ2) is 1.79. The van der Waals surface area contributed by atoms with E-state index in [4.69, 9.17) is 0 Å². The summed E-state index contributed by atoms with van der Waals surface area (Å²) >= 11 is 0. The van der Waals surface area contributed by atoms with Crippen LogP contribution in [-0.2, 0) is 6.05 Å². The van der Waals surface area contributed by atoms with Crippen LogP contribution in [0.25, 0.3) is 0 Å². The van der Waals surface area contributed by atoms with Gasteiger partial charge in [0.05, 0.1) is 0 Å². The van der Waals surface area contributed by atoms with Crippen LogP contribution in [0.2, 0.25) is 0 Å². The summed E-state index contributed by atoms with van der Waals surface area (Å²) in [5, 5.41) is 0. The summed E-state index contributed by atoms with van der Waals surface area (Å²) < 4.78 is 25.3. The molecule has 0 aliphatic rings. The highest BCUT2D eigenvalue weighted by atomic mass is 19.3. The lowest BCUT2D eigenvalue weighted by Gasteiger charge is -2.02. The molecule has 0 spiro atoms. The molecule has 1 aromatic heterocycles. The molecule has 0 saturated carbocycles. The Kier molecular flexibility index (Phi) is 1.23. The van der Waals surface area contributed by atoms with Crippen LogP contribution in [0.15, 0.2) is 18.7 Å². The van der Waals surface area contributed by atoms with Crippen molar-refractivity contribution in [3.8, 4) is 0 Å². The van der Waals surface area contributed by atoms with Crippen LogP contribution in [0.3, 0.4) is 0 Å². The zero-order valence-electron chi connectivity index (χ0n) is 4.94. The lowest BCUT2D eigenvalue weighted by molar-refractivity contribution is -0.818. The Morgan fingerprint density at radius 1 is 1.56 bits per heavy atom. The summed E-state index contributed by atoms with van der Waals surface area (Å²) in [6.45, 7) is 0.834. The van der Waals surface area contributed by atoms with E-state index < -0.39 is 6.05 Å². The van der Waals surface area contributed by atoms with Gasteiger partial charge in [0.25, 0.3) is 0 Å². The van der Waals surface area contributed by atoms with Gasteiger partial charge < -0.3 is 0 Å². The number of alkyl halides is 2. The average molecular weight is 133 g/mol. The third-order valence-corrected chi connectivity index (χ3v) is 0.998. The van der Waals surface area contributed by atoms with Gasteiger partial charge in [0, 0.05) is 6.92 Å². The van der Waals surface area contributed by atoms with Crippen molar-refractivity contribution in [1.82, 2.24) is 4.98 Å². The van der Waals surface area contributed by atoms with Crippen molar-refractivity contribution in [1.29, 1.82) is 0 Å². The van der Waals surface area contributed by atoms with Crippen LogP contribution < -0.4 is 4.57 Å². The number of H-pyrrole nitrogens is 1. The maximum absolute atomic E-state index is 12.2. The molecule has 1 rings (SSSR count). The fourth-order valence-electron chi connectivity index (χ4n) is 0.534. The van der Waals surface area contributed by atoms with Crippen molar-refractivity contribution in [2.75, 3.05) is 0 Å². The van der Waals surface area contributed by atoms with E-state index in [0.29, 0.717) is 0 Å². The molecule has 0 aliphatic heterocycles. The number of rotatable bonds is 1. The minimum absolute atomic E-state index is 0.799. The highest BCUT2D eigenvalue weighted by molar-refractivity contribution is 4.56. The number of aromatic nitrogens is 2. The summed E-state index contributed by atoms with van der Waals surface area (Å²) in [5.41, 5.74) is 0. The number of imidazole rings is 1. The van der Waals surface area contributed by atoms with E-state index in [1.807, 2.05) is 0 Å². The standard InChI is InChI=1S/C5H6F2N2/c1-5(6,7)9-3-2-8-4-9/h2-4H,1H3/p+1. The Morgan fingerprint density at radius 2 is 2.22 bits per heavy atom. The SMILES string of the molecule is CC(F)(F)[n+]1cc[nH]c1. The van der Waals surface area contributed by atoms with Crippen LogP contribution in [0.4, 0.5) is 8.78 Å². The molecule has 0 radical (unpaired) electrons. The minimum atomic E-state index is -2.79. The smallest absolute Gasteiger partial charge is 0.250 e. The Labute approximate surface area is 51.1 Å². The molecule has 0 fully saturated rings. The molecule has 1 N–H and O–H groups in total. The van der Waals surface area contributed by atoms with Gasteiger partial charge in [-0.15, -0.1) is 0 Å². The van der Waals surface area contributed by atoms with Crippen molar-refractivity contribution in [2.24, 2.45) is 0 Å². The van der Waals surface area contributed by atoms with Gasteiger partial charge in [-0.1, -0.05) is 0 Å². The summed E-state index contributed by atoms with van der Waals surface area (Å²) in [7, 11) is 0. The monoisotopic (exact) mass is 133 g/mol. The van der Waals surface area contributed by atoms with Crippen molar-refractivity contribution in [3.05, 3.63) is 18.7 Å². The number of halogens is 2. The normalized spacial score (nSPS) is 11.9. The third kappa shape index (κ3) is 1.25. The van der Waals surface area contributed by atoms with Crippen LogP contribution in [0, 0.1) is 0 Å². The number of aromatic amines is 1. The topological polar surface area (TPSA) is 19.7 Å². The van der Waals surface area contributed by atoms with Gasteiger partial charge in [-0.25, -0.2) is 0 Å². The zero-order chi connectivity index (χ0) is 6.91. The van der Waals surface area contributed by atoms with Crippen LogP contribution in [0.1, 0.15) is 6.92 Å². The molecule has 0 saturated heterocycles. The third-order valence-electron chi connectivity index (χ3n) is 0.998. The molecule has 4 heteroatoms. The largest absolute Gasteiger partial charge is 0.394 e. The van der Waals surface area contributed by atoms with E-state index in [2.05, 4.69) is 4.98 Å². The molecule has 0 atom stereocenters. The molecule has 1 heterocycles. The van der Waals surface area contributed by atoms with Gasteiger partial charge >= 0.3 is 6.05 Å². The van der Waals surface area contributed by atoms with Crippen LogP contribution in [-0.4, -0.2) is 4.98 Å². The first kappa shape index (κ1) is 6.19. The number of hydrogen-bond donors (Lipinski definition) is 1. The van der Waals surface area contributed by atoms with Gasteiger partial charge in [-0.2, -0.15) is 13.3 Å². The number of nitrogens with zero attached hydrogens (tertiary/aromatic N) is 1. The first-order valence-electron chi connectivity index (χ1n) is 2.53. The van der Waals surface area contributed by atoms with E-state index in [-0.39, 0.29) is 0 Å². The summed E-state index contributed by atoms with van der Waals surface area (Å²) in [5.74, 6) is 0. The summed E-state index contributed by atoms with van der Waals surface area (Å²) in [6.07, 6.45) is 3.93. The van der Waals surface area contributed by atoms with Gasteiger partial charge in [0.15, 0.2) is 0 Å². The zero-order valence-corrected chi connectivity index (χ0v) is 4.94. The molecule has 1 aromatic rings. The fourth-order valence-corrected chi connectivity index (χ4v) is 0.534. The lowest BCUT2D eigenvalue weighted by atomic mass is 10.6. The molecule has 0 unspecified atom stereocenters. The van der Waals surface area contributed by atoms with E-state index in [1.165, 1.54) is 18.7 Å². The molecular weight excluding hydrogens is 126 g/mol.